The number of pyridine rings is 1. The topological polar surface area (TPSA) is 76.7 Å². The molecule has 0 atom stereocenters. The van der Waals surface area contributed by atoms with Gasteiger partial charge in [-0.25, -0.2) is 14.3 Å². The van der Waals surface area contributed by atoms with Gasteiger partial charge in [-0.15, -0.1) is 5.10 Å². The van der Waals surface area contributed by atoms with E-state index in [-0.39, 0.29) is 11.6 Å². The first-order valence-corrected chi connectivity index (χ1v) is 4.69. The number of methoxy groups -OCH3 is 1. The molecule has 0 spiro atoms. The third-order valence-electron chi connectivity index (χ3n) is 2.38. The lowest BCUT2D eigenvalue weighted by Gasteiger charge is -2.03. The zero-order valence-corrected chi connectivity index (χ0v) is 9.18. The zero-order chi connectivity index (χ0) is 11.9. The third-order valence-corrected chi connectivity index (χ3v) is 2.38. The summed E-state index contributed by atoms with van der Waals surface area (Å²) in [4.78, 5) is 15.3. The monoisotopic (exact) mass is 221 g/mol. The Hall–Kier alpha value is -2.11. The Balaban J connectivity index is 2.71. The maximum Gasteiger partial charge on any atom is 0.377 e. The molecule has 1 N–H and O–H groups in total. The lowest BCUT2D eigenvalue weighted by Crippen LogP contribution is -2.04. The Bertz CT molecular complexity index is 574. The van der Waals surface area contributed by atoms with Crippen LogP contribution in [0.4, 0.5) is 0 Å². The average molecular weight is 221 g/mol. The standard InChI is InChI=1S/C10H11N3O3/c1-5-4-7-11-9(10(15)16-3)12-13(7)6(2)8(5)14/h4,14H,1-3H3. The van der Waals surface area contributed by atoms with Crippen molar-refractivity contribution in [3.05, 3.63) is 23.1 Å². The first-order valence-electron chi connectivity index (χ1n) is 4.69. The molecule has 6 nitrogen and oxygen atoms in total. The van der Waals surface area contributed by atoms with Gasteiger partial charge in [-0.2, -0.15) is 0 Å². The summed E-state index contributed by atoms with van der Waals surface area (Å²) in [7, 11) is 1.27. The molecule has 84 valence electrons. The van der Waals surface area contributed by atoms with Crippen LogP contribution in [0.2, 0.25) is 0 Å². The molecule has 6 heteroatoms. The maximum absolute atomic E-state index is 11.2. The van der Waals surface area contributed by atoms with Crippen LogP contribution < -0.4 is 0 Å². The molecule has 0 radical (unpaired) electrons. The Labute approximate surface area is 91.5 Å². The summed E-state index contributed by atoms with van der Waals surface area (Å²) in [6.45, 7) is 3.46. The van der Waals surface area contributed by atoms with Gasteiger partial charge in [-0.05, 0) is 25.5 Å². The Morgan fingerprint density at radius 2 is 2.19 bits per heavy atom. The van der Waals surface area contributed by atoms with E-state index in [0.29, 0.717) is 16.9 Å². The summed E-state index contributed by atoms with van der Waals surface area (Å²) in [5.74, 6) is -0.468. The van der Waals surface area contributed by atoms with E-state index in [1.807, 2.05) is 0 Å². The fourth-order valence-electron chi connectivity index (χ4n) is 1.49. The number of aromatic hydroxyl groups is 1. The molecule has 0 aliphatic carbocycles. The van der Waals surface area contributed by atoms with Gasteiger partial charge in [0.25, 0.3) is 5.82 Å². The number of carbonyl (C=O) groups excluding carboxylic acids is 1. The van der Waals surface area contributed by atoms with Crippen LogP contribution in [0, 0.1) is 13.8 Å². The van der Waals surface area contributed by atoms with Gasteiger partial charge in [0.2, 0.25) is 0 Å². The highest BCUT2D eigenvalue weighted by atomic mass is 16.5. The molecule has 0 aliphatic heterocycles. The predicted molar refractivity (Wildman–Crippen MR) is 55.5 cm³/mol. The van der Waals surface area contributed by atoms with E-state index < -0.39 is 5.97 Å². The van der Waals surface area contributed by atoms with Gasteiger partial charge < -0.3 is 9.84 Å². The molecule has 0 bridgehead atoms. The Kier molecular flexibility index (Phi) is 2.26. The van der Waals surface area contributed by atoms with Crippen molar-refractivity contribution in [3.63, 3.8) is 0 Å². The normalized spacial score (nSPS) is 10.7. The molecule has 0 aromatic carbocycles. The van der Waals surface area contributed by atoms with Crippen molar-refractivity contribution in [2.24, 2.45) is 0 Å². The molecule has 0 unspecified atom stereocenters. The smallest absolute Gasteiger partial charge is 0.377 e. The summed E-state index contributed by atoms with van der Waals surface area (Å²) in [6.07, 6.45) is 0. The molecule has 0 saturated heterocycles. The number of esters is 1. The van der Waals surface area contributed by atoms with Gasteiger partial charge in [-0.1, -0.05) is 0 Å². The summed E-state index contributed by atoms with van der Waals surface area (Å²) in [6, 6.07) is 1.65. The van der Waals surface area contributed by atoms with Gasteiger partial charge in [0, 0.05) is 0 Å². The minimum Gasteiger partial charge on any atom is -0.506 e. The van der Waals surface area contributed by atoms with Crippen LogP contribution in [0.5, 0.6) is 5.75 Å². The van der Waals surface area contributed by atoms with Crippen molar-refractivity contribution in [2.75, 3.05) is 7.11 Å². The number of rotatable bonds is 1. The van der Waals surface area contributed by atoms with Crippen LogP contribution in [0.15, 0.2) is 6.07 Å². The van der Waals surface area contributed by atoms with Crippen LogP contribution in [-0.4, -0.2) is 32.8 Å². The first kappa shape index (κ1) is 10.4. The van der Waals surface area contributed by atoms with Gasteiger partial charge in [-0.3, -0.25) is 0 Å². The Morgan fingerprint density at radius 1 is 1.50 bits per heavy atom. The summed E-state index contributed by atoms with van der Waals surface area (Å²) in [5.41, 5.74) is 1.74. The third kappa shape index (κ3) is 1.39. The van der Waals surface area contributed by atoms with Crippen LogP contribution in [0.3, 0.4) is 0 Å². The molecule has 0 aliphatic rings. The van der Waals surface area contributed by atoms with E-state index in [2.05, 4.69) is 14.8 Å². The fourth-order valence-corrected chi connectivity index (χ4v) is 1.49. The van der Waals surface area contributed by atoms with Crippen LogP contribution in [0.1, 0.15) is 21.9 Å². The van der Waals surface area contributed by atoms with Crippen LogP contribution in [-0.2, 0) is 4.74 Å². The van der Waals surface area contributed by atoms with E-state index in [0.717, 1.165) is 0 Å². The highest BCUT2D eigenvalue weighted by molar-refractivity contribution is 5.85. The fraction of sp³-hybridized carbons (Fsp3) is 0.300. The number of ether oxygens (including phenoxy) is 1. The van der Waals surface area contributed by atoms with Crippen molar-refractivity contribution in [3.8, 4) is 5.75 Å². The van der Waals surface area contributed by atoms with E-state index in [4.69, 9.17) is 0 Å². The SMILES string of the molecule is COC(=O)c1nc2cc(C)c(O)c(C)n2n1. The molecule has 2 heterocycles. The zero-order valence-electron chi connectivity index (χ0n) is 9.18. The highest BCUT2D eigenvalue weighted by Crippen LogP contribution is 2.22. The molecular formula is C10H11N3O3. The number of carbonyl (C=O) groups is 1. The van der Waals surface area contributed by atoms with Gasteiger partial charge in [0.05, 0.1) is 12.8 Å². The number of fused-ring (bicyclic) bond motifs is 1. The second-order valence-corrected chi connectivity index (χ2v) is 3.46. The quantitative estimate of drug-likeness (QED) is 0.722. The minimum absolute atomic E-state index is 0.0180. The summed E-state index contributed by atoms with van der Waals surface area (Å²) >= 11 is 0. The van der Waals surface area contributed by atoms with E-state index in [1.165, 1.54) is 11.6 Å². The first-order chi connectivity index (χ1) is 7.54. The van der Waals surface area contributed by atoms with Crippen molar-refractivity contribution in [1.29, 1.82) is 0 Å². The van der Waals surface area contributed by atoms with E-state index in [1.54, 1.807) is 19.9 Å². The Morgan fingerprint density at radius 3 is 2.81 bits per heavy atom. The van der Waals surface area contributed by atoms with Crippen molar-refractivity contribution < 1.29 is 14.6 Å². The number of hydrogen-bond donors (Lipinski definition) is 1. The lowest BCUT2D eigenvalue weighted by molar-refractivity contribution is 0.0587. The van der Waals surface area contributed by atoms with Gasteiger partial charge in [0.1, 0.15) is 5.75 Å². The molecule has 0 fully saturated rings. The van der Waals surface area contributed by atoms with Gasteiger partial charge >= 0.3 is 5.97 Å². The van der Waals surface area contributed by atoms with Crippen LogP contribution >= 0.6 is 0 Å². The predicted octanol–water partition coefficient (Wildman–Crippen LogP) is 0.838. The molecular weight excluding hydrogens is 210 g/mol. The van der Waals surface area contributed by atoms with Crippen molar-refractivity contribution in [1.82, 2.24) is 14.6 Å². The second kappa shape index (κ2) is 3.48. The van der Waals surface area contributed by atoms with Crippen molar-refractivity contribution >= 4 is 11.6 Å². The molecule has 16 heavy (non-hydrogen) atoms. The van der Waals surface area contributed by atoms with Crippen molar-refractivity contribution in [2.45, 2.75) is 13.8 Å². The van der Waals surface area contributed by atoms with Gasteiger partial charge in [0.15, 0.2) is 5.65 Å². The number of aryl methyl sites for hydroxylation is 2. The number of nitrogens with zero attached hydrogens (tertiary/aromatic N) is 3. The summed E-state index contributed by atoms with van der Waals surface area (Å²) < 4.78 is 5.94. The van der Waals surface area contributed by atoms with E-state index in [9.17, 15) is 9.90 Å². The minimum atomic E-state index is -0.597. The molecule has 2 aromatic rings. The molecule has 2 rings (SSSR count). The van der Waals surface area contributed by atoms with E-state index >= 15 is 0 Å². The second-order valence-electron chi connectivity index (χ2n) is 3.46. The largest absolute Gasteiger partial charge is 0.506 e. The summed E-state index contributed by atoms with van der Waals surface area (Å²) in [5, 5.41) is 13.7. The maximum atomic E-state index is 11.2. The van der Waals surface area contributed by atoms with Crippen LogP contribution in [0.25, 0.3) is 5.65 Å². The average Bonchev–Trinajstić information content (AvgIpc) is 2.69. The molecule has 2 aromatic heterocycles. The molecule has 0 saturated carbocycles. The highest BCUT2D eigenvalue weighted by Gasteiger charge is 2.16. The number of aromatic nitrogens is 3. The lowest BCUT2D eigenvalue weighted by atomic mass is 10.2. The number of hydrogen-bond acceptors (Lipinski definition) is 5. The molecule has 0 amide bonds.